The summed E-state index contributed by atoms with van der Waals surface area (Å²) in [7, 11) is 0. The lowest BCUT2D eigenvalue weighted by molar-refractivity contribution is -0.107. The van der Waals surface area contributed by atoms with E-state index in [1.54, 1.807) is 0 Å². The molecule has 0 aliphatic carbocycles. The maximum absolute atomic E-state index is 10.2. The molecule has 0 aromatic carbocycles. The van der Waals surface area contributed by atoms with Gasteiger partial charge in [0.2, 0.25) is 0 Å². The molecule has 0 aliphatic rings. The van der Waals surface area contributed by atoms with E-state index in [1.807, 2.05) is 0 Å². The molecule has 0 spiro atoms. The summed E-state index contributed by atoms with van der Waals surface area (Å²) in [6, 6.07) is 0. The first kappa shape index (κ1) is 22.8. The van der Waals surface area contributed by atoms with Gasteiger partial charge in [-0.1, -0.05) is 89.4 Å². The van der Waals surface area contributed by atoms with Crippen molar-refractivity contribution < 1.29 is 4.79 Å². The molecular weight excluding hydrogens is 292 g/mol. The minimum atomic E-state index is 0.725. The number of unbranched alkanes of at least 4 members (excludes halogenated alkanes) is 15. The zero-order valence-corrected chi connectivity index (χ0v) is 16.0. The van der Waals surface area contributed by atoms with E-state index in [0.29, 0.717) is 0 Å². The van der Waals surface area contributed by atoms with Gasteiger partial charge in [-0.3, -0.25) is 0 Å². The van der Waals surface area contributed by atoms with Crippen LogP contribution >= 0.6 is 0 Å². The minimum Gasteiger partial charge on any atom is -0.303 e. The Balaban J connectivity index is 3.24. The average Bonchev–Trinajstić information content (AvgIpc) is 2.60. The lowest BCUT2D eigenvalue weighted by Gasteiger charge is -1.98. The highest BCUT2D eigenvalue weighted by molar-refractivity contribution is 5.48. The van der Waals surface area contributed by atoms with Crippen molar-refractivity contribution in [2.45, 2.75) is 116 Å². The van der Waals surface area contributed by atoms with Crippen LogP contribution in [0.3, 0.4) is 0 Å². The molecule has 136 valence electrons. The summed E-state index contributed by atoms with van der Waals surface area (Å²) in [5, 5.41) is 0. The summed E-state index contributed by atoms with van der Waals surface area (Å²) in [4.78, 5) is 10.2. The molecule has 0 rings (SSSR count). The number of rotatable bonds is 16. The fourth-order valence-corrected chi connectivity index (χ4v) is 2.71. The van der Waals surface area contributed by atoms with Crippen LogP contribution in [0.15, 0.2) is 0 Å². The van der Waals surface area contributed by atoms with E-state index in [2.05, 4.69) is 30.6 Å². The topological polar surface area (TPSA) is 17.1 Å². The van der Waals surface area contributed by atoms with E-state index in [9.17, 15) is 4.79 Å². The van der Waals surface area contributed by atoms with E-state index in [-0.39, 0.29) is 0 Å². The average molecular weight is 331 g/mol. The molecule has 0 aromatic rings. The molecule has 0 fully saturated rings. The molecule has 0 atom stereocenters. The predicted molar refractivity (Wildman–Crippen MR) is 106 cm³/mol. The van der Waals surface area contributed by atoms with Crippen LogP contribution in [-0.4, -0.2) is 6.29 Å². The highest BCUT2D eigenvalue weighted by Crippen LogP contribution is 2.09. The van der Waals surface area contributed by atoms with E-state index < -0.39 is 0 Å². The molecule has 1 nitrogen and oxygen atoms in total. The molecule has 1 heteroatoms. The second kappa shape index (κ2) is 21.8. The van der Waals surface area contributed by atoms with Crippen molar-refractivity contribution in [2.24, 2.45) is 0 Å². The summed E-state index contributed by atoms with van der Waals surface area (Å²) in [6.07, 6.45) is 21.8. The molecule has 0 bridgehead atoms. The number of carbonyl (C=O) groups excluding carboxylic acids is 1. The van der Waals surface area contributed by atoms with Gasteiger partial charge in [0, 0.05) is 19.3 Å². The smallest absolute Gasteiger partial charge is 0.119 e. The molecule has 0 aromatic heterocycles. The third kappa shape index (κ3) is 20.8. The molecule has 0 heterocycles. The standard InChI is InChI=1S/C23H38O/c1-2-3-4-5-6-7-8-9-10-11-12-13-14-15-16-17-18-19-20-21-22-23-24/h23H,2-10,15-22H2,1H3. The molecule has 0 saturated heterocycles. The fourth-order valence-electron chi connectivity index (χ4n) is 2.71. The molecule has 0 aliphatic heterocycles. The summed E-state index contributed by atoms with van der Waals surface area (Å²) < 4.78 is 0. The minimum absolute atomic E-state index is 0.725. The normalized spacial score (nSPS) is 9.71. The van der Waals surface area contributed by atoms with Gasteiger partial charge in [-0.05, 0) is 31.1 Å². The Kier molecular flexibility index (Phi) is 20.7. The largest absolute Gasteiger partial charge is 0.303 e. The van der Waals surface area contributed by atoms with Crippen LogP contribution in [-0.2, 0) is 4.79 Å². The Morgan fingerprint density at radius 3 is 1.46 bits per heavy atom. The fraction of sp³-hybridized carbons (Fsp3) is 0.783. The van der Waals surface area contributed by atoms with Crippen molar-refractivity contribution in [3.63, 3.8) is 0 Å². The van der Waals surface area contributed by atoms with Crippen molar-refractivity contribution in [3.05, 3.63) is 0 Å². The van der Waals surface area contributed by atoms with Crippen LogP contribution in [0.5, 0.6) is 0 Å². The summed E-state index contributed by atoms with van der Waals surface area (Å²) in [5.74, 6) is 12.3. The Labute approximate surface area is 151 Å². The van der Waals surface area contributed by atoms with Crippen molar-refractivity contribution in [2.75, 3.05) is 0 Å². The van der Waals surface area contributed by atoms with E-state index in [1.165, 1.54) is 83.5 Å². The lowest BCUT2D eigenvalue weighted by Crippen LogP contribution is -1.81. The van der Waals surface area contributed by atoms with Gasteiger partial charge in [0.25, 0.3) is 0 Å². The Morgan fingerprint density at radius 2 is 1.00 bits per heavy atom. The van der Waals surface area contributed by atoms with E-state index in [0.717, 1.165) is 32.0 Å². The van der Waals surface area contributed by atoms with Crippen LogP contribution < -0.4 is 0 Å². The highest BCUT2D eigenvalue weighted by atomic mass is 16.1. The van der Waals surface area contributed by atoms with Gasteiger partial charge >= 0.3 is 0 Å². The third-order valence-corrected chi connectivity index (χ3v) is 4.27. The second-order valence-electron chi connectivity index (χ2n) is 6.66. The van der Waals surface area contributed by atoms with Gasteiger partial charge in [0.05, 0.1) is 0 Å². The van der Waals surface area contributed by atoms with Crippen LogP contribution in [0.1, 0.15) is 116 Å². The summed E-state index contributed by atoms with van der Waals surface area (Å²) in [5.41, 5.74) is 0. The highest BCUT2D eigenvalue weighted by Gasteiger charge is 1.91. The number of carbonyl (C=O) groups is 1. The monoisotopic (exact) mass is 330 g/mol. The first-order chi connectivity index (χ1) is 11.9. The Bertz CT molecular complexity index is 374. The van der Waals surface area contributed by atoms with Crippen LogP contribution in [0, 0.1) is 23.7 Å². The van der Waals surface area contributed by atoms with E-state index >= 15 is 0 Å². The Morgan fingerprint density at radius 1 is 0.583 bits per heavy atom. The van der Waals surface area contributed by atoms with Crippen molar-refractivity contribution in [1.82, 2.24) is 0 Å². The van der Waals surface area contributed by atoms with Crippen LogP contribution in [0.25, 0.3) is 0 Å². The SMILES string of the molecule is CCCCCCCCCCC#CC#CCCCCCCCCC=O. The molecule has 0 radical (unpaired) electrons. The maximum Gasteiger partial charge on any atom is 0.119 e. The number of hydrogen-bond acceptors (Lipinski definition) is 1. The van der Waals surface area contributed by atoms with Gasteiger partial charge in [-0.25, -0.2) is 0 Å². The predicted octanol–water partition coefficient (Wildman–Crippen LogP) is 6.84. The van der Waals surface area contributed by atoms with Crippen LogP contribution in [0.4, 0.5) is 0 Å². The number of aldehydes is 1. The molecule has 24 heavy (non-hydrogen) atoms. The zero-order chi connectivity index (χ0) is 17.6. The van der Waals surface area contributed by atoms with Gasteiger partial charge < -0.3 is 4.79 Å². The number of hydrogen-bond donors (Lipinski definition) is 0. The van der Waals surface area contributed by atoms with Gasteiger partial charge in [-0.2, -0.15) is 0 Å². The van der Waals surface area contributed by atoms with Gasteiger partial charge in [-0.15, -0.1) is 0 Å². The van der Waals surface area contributed by atoms with Crippen LogP contribution in [0.2, 0.25) is 0 Å². The first-order valence-corrected chi connectivity index (χ1v) is 10.3. The Hall–Kier alpha value is -1.21. The van der Waals surface area contributed by atoms with Crippen molar-refractivity contribution >= 4 is 6.29 Å². The van der Waals surface area contributed by atoms with Crippen molar-refractivity contribution in [1.29, 1.82) is 0 Å². The van der Waals surface area contributed by atoms with Gasteiger partial charge in [0.15, 0.2) is 0 Å². The molecule has 0 saturated carbocycles. The maximum atomic E-state index is 10.2. The molecule has 0 amide bonds. The zero-order valence-electron chi connectivity index (χ0n) is 16.0. The lowest BCUT2D eigenvalue weighted by atomic mass is 10.1. The summed E-state index contributed by atoms with van der Waals surface area (Å²) >= 11 is 0. The molecule has 0 N–H and O–H groups in total. The van der Waals surface area contributed by atoms with Gasteiger partial charge in [0.1, 0.15) is 6.29 Å². The van der Waals surface area contributed by atoms with E-state index in [4.69, 9.17) is 0 Å². The first-order valence-electron chi connectivity index (χ1n) is 10.3. The molecular formula is C23H38O. The summed E-state index contributed by atoms with van der Waals surface area (Å²) in [6.45, 7) is 2.27. The third-order valence-electron chi connectivity index (χ3n) is 4.27. The van der Waals surface area contributed by atoms with Crippen molar-refractivity contribution in [3.8, 4) is 23.7 Å². The second-order valence-corrected chi connectivity index (χ2v) is 6.66. The quantitative estimate of drug-likeness (QED) is 0.172. The molecule has 0 unspecified atom stereocenters.